The van der Waals surface area contributed by atoms with E-state index >= 15 is 0 Å². The Labute approximate surface area is 104 Å². The van der Waals surface area contributed by atoms with E-state index in [1.807, 2.05) is 6.92 Å². The van der Waals surface area contributed by atoms with Crippen LogP contribution >= 0.6 is 0 Å². The zero-order valence-electron chi connectivity index (χ0n) is 10.4. The van der Waals surface area contributed by atoms with Gasteiger partial charge in [0.05, 0.1) is 6.10 Å². The SMILES string of the molecule is Cc1ccc(F)cc1-c1noc(CCC(C)O)n1. The predicted octanol–water partition coefficient (Wildman–Crippen LogP) is 2.50. The summed E-state index contributed by atoms with van der Waals surface area (Å²) in [6, 6.07) is 4.46. The number of aliphatic hydroxyl groups excluding tert-OH is 1. The molecule has 1 N–H and O–H groups in total. The molecule has 0 amide bonds. The molecule has 18 heavy (non-hydrogen) atoms. The quantitative estimate of drug-likeness (QED) is 0.905. The maximum Gasteiger partial charge on any atom is 0.227 e. The highest BCUT2D eigenvalue weighted by Crippen LogP contribution is 2.21. The highest BCUT2D eigenvalue weighted by molar-refractivity contribution is 5.59. The van der Waals surface area contributed by atoms with Crippen molar-refractivity contribution < 1.29 is 14.0 Å². The van der Waals surface area contributed by atoms with Crippen LogP contribution in [0, 0.1) is 12.7 Å². The van der Waals surface area contributed by atoms with E-state index in [0.717, 1.165) is 5.56 Å². The topological polar surface area (TPSA) is 59.2 Å². The highest BCUT2D eigenvalue weighted by Gasteiger charge is 2.12. The smallest absolute Gasteiger partial charge is 0.227 e. The number of aryl methyl sites for hydroxylation is 2. The minimum Gasteiger partial charge on any atom is -0.393 e. The molecule has 0 aliphatic heterocycles. The molecule has 2 aromatic rings. The van der Waals surface area contributed by atoms with Crippen molar-refractivity contribution in [3.8, 4) is 11.4 Å². The largest absolute Gasteiger partial charge is 0.393 e. The third-order valence-electron chi connectivity index (χ3n) is 2.68. The molecule has 1 unspecified atom stereocenters. The van der Waals surface area contributed by atoms with E-state index in [1.165, 1.54) is 12.1 Å². The summed E-state index contributed by atoms with van der Waals surface area (Å²) in [5.74, 6) is 0.507. The summed E-state index contributed by atoms with van der Waals surface area (Å²) in [6.45, 7) is 3.56. The summed E-state index contributed by atoms with van der Waals surface area (Å²) in [6.07, 6.45) is 0.666. The molecule has 0 spiro atoms. The van der Waals surface area contributed by atoms with Crippen LogP contribution in [0.4, 0.5) is 4.39 Å². The number of halogens is 1. The van der Waals surface area contributed by atoms with Gasteiger partial charge in [-0.3, -0.25) is 0 Å². The van der Waals surface area contributed by atoms with Crippen molar-refractivity contribution >= 4 is 0 Å². The Morgan fingerprint density at radius 1 is 1.44 bits per heavy atom. The van der Waals surface area contributed by atoms with Gasteiger partial charge in [0.2, 0.25) is 11.7 Å². The van der Waals surface area contributed by atoms with Crippen LogP contribution in [0.15, 0.2) is 22.7 Å². The highest BCUT2D eigenvalue weighted by atomic mass is 19.1. The second kappa shape index (κ2) is 5.27. The van der Waals surface area contributed by atoms with Crippen molar-refractivity contribution in [2.75, 3.05) is 0 Å². The van der Waals surface area contributed by atoms with E-state index in [4.69, 9.17) is 4.52 Å². The van der Waals surface area contributed by atoms with E-state index < -0.39 is 6.10 Å². The number of hydrogen-bond acceptors (Lipinski definition) is 4. The maximum absolute atomic E-state index is 13.2. The number of aromatic nitrogens is 2. The van der Waals surface area contributed by atoms with Crippen LogP contribution < -0.4 is 0 Å². The number of benzene rings is 1. The van der Waals surface area contributed by atoms with Gasteiger partial charge in [-0.25, -0.2) is 4.39 Å². The van der Waals surface area contributed by atoms with Gasteiger partial charge >= 0.3 is 0 Å². The minimum absolute atomic E-state index is 0.328. The summed E-state index contributed by atoms with van der Waals surface area (Å²) in [7, 11) is 0. The standard InChI is InChI=1S/C13H15FN2O2/c1-8-3-5-10(14)7-11(8)13-15-12(18-16-13)6-4-9(2)17/h3,5,7,9,17H,4,6H2,1-2H3. The lowest BCUT2D eigenvalue weighted by Crippen LogP contribution is -2.01. The molecular formula is C13H15FN2O2. The number of rotatable bonds is 4. The van der Waals surface area contributed by atoms with Gasteiger partial charge in [0, 0.05) is 12.0 Å². The van der Waals surface area contributed by atoms with E-state index in [0.29, 0.717) is 30.1 Å². The molecule has 0 aliphatic rings. The monoisotopic (exact) mass is 250 g/mol. The summed E-state index contributed by atoms with van der Waals surface area (Å²) in [5, 5.41) is 13.0. The summed E-state index contributed by atoms with van der Waals surface area (Å²) in [5.41, 5.74) is 1.52. The number of nitrogens with zero attached hydrogens (tertiary/aromatic N) is 2. The van der Waals surface area contributed by atoms with Gasteiger partial charge in [0.25, 0.3) is 0 Å². The van der Waals surface area contributed by atoms with Gasteiger partial charge in [-0.05, 0) is 38.0 Å². The van der Waals surface area contributed by atoms with Crippen molar-refractivity contribution in [1.29, 1.82) is 0 Å². The molecule has 1 aromatic carbocycles. The van der Waals surface area contributed by atoms with Crippen LogP contribution in [0.1, 0.15) is 24.8 Å². The van der Waals surface area contributed by atoms with Gasteiger partial charge in [-0.2, -0.15) is 4.98 Å². The molecule has 0 fully saturated rings. The van der Waals surface area contributed by atoms with E-state index in [-0.39, 0.29) is 5.82 Å². The summed E-state index contributed by atoms with van der Waals surface area (Å²) >= 11 is 0. The third kappa shape index (κ3) is 2.92. The fraction of sp³-hybridized carbons (Fsp3) is 0.385. The Kier molecular flexibility index (Phi) is 3.72. The Balaban J connectivity index is 2.21. The van der Waals surface area contributed by atoms with E-state index in [9.17, 15) is 9.50 Å². The van der Waals surface area contributed by atoms with Gasteiger partial charge < -0.3 is 9.63 Å². The maximum atomic E-state index is 13.2. The van der Waals surface area contributed by atoms with Crippen LogP contribution in [0.3, 0.4) is 0 Å². The molecule has 0 saturated carbocycles. The van der Waals surface area contributed by atoms with E-state index in [1.54, 1.807) is 13.0 Å². The van der Waals surface area contributed by atoms with E-state index in [2.05, 4.69) is 10.1 Å². The minimum atomic E-state index is -0.406. The van der Waals surface area contributed by atoms with Crippen molar-refractivity contribution in [3.05, 3.63) is 35.5 Å². The Morgan fingerprint density at radius 3 is 2.94 bits per heavy atom. The Morgan fingerprint density at radius 2 is 2.22 bits per heavy atom. The molecule has 0 saturated heterocycles. The summed E-state index contributed by atoms with van der Waals surface area (Å²) < 4.78 is 18.2. The molecule has 5 heteroatoms. The normalized spacial score (nSPS) is 12.7. The average molecular weight is 250 g/mol. The Hall–Kier alpha value is -1.75. The molecule has 2 rings (SSSR count). The Bertz CT molecular complexity index is 538. The molecule has 1 aromatic heterocycles. The number of hydrogen-bond donors (Lipinski definition) is 1. The lowest BCUT2D eigenvalue weighted by Gasteiger charge is -2.00. The van der Waals surface area contributed by atoms with Crippen LogP contribution in [0.5, 0.6) is 0 Å². The first-order valence-electron chi connectivity index (χ1n) is 5.83. The molecule has 0 aliphatic carbocycles. The molecule has 4 nitrogen and oxygen atoms in total. The van der Waals surface area contributed by atoms with Gasteiger partial charge in [-0.15, -0.1) is 0 Å². The lowest BCUT2D eigenvalue weighted by atomic mass is 10.1. The molecule has 1 atom stereocenters. The van der Waals surface area contributed by atoms with Gasteiger partial charge in [0.15, 0.2) is 0 Å². The molecule has 96 valence electrons. The predicted molar refractivity (Wildman–Crippen MR) is 64.4 cm³/mol. The second-order valence-electron chi connectivity index (χ2n) is 4.36. The van der Waals surface area contributed by atoms with Crippen LogP contribution in [0.25, 0.3) is 11.4 Å². The van der Waals surface area contributed by atoms with Crippen molar-refractivity contribution in [2.45, 2.75) is 32.8 Å². The van der Waals surface area contributed by atoms with Crippen LogP contribution in [0.2, 0.25) is 0 Å². The zero-order chi connectivity index (χ0) is 13.1. The fourth-order valence-corrected chi connectivity index (χ4v) is 1.63. The zero-order valence-corrected chi connectivity index (χ0v) is 10.4. The first kappa shape index (κ1) is 12.7. The van der Waals surface area contributed by atoms with Crippen LogP contribution in [-0.2, 0) is 6.42 Å². The average Bonchev–Trinajstić information content (AvgIpc) is 2.78. The lowest BCUT2D eigenvalue weighted by molar-refractivity contribution is 0.180. The van der Waals surface area contributed by atoms with Crippen molar-refractivity contribution in [3.63, 3.8) is 0 Å². The van der Waals surface area contributed by atoms with Gasteiger partial charge in [0.1, 0.15) is 5.82 Å². The first-order chi connectivity index (χ1) is 8.56. The van der Waals surface area contributed by atoms with Crippen molar-refractivity contribution in [1.82, 2.24) is 10.1 Å². The fourth-order valence-electron chi connectivity index (χ4n) is 1.63. The van der Waals surface area contributed by atoms with Gasteiger partial charge in [-0.1, -0.05) is 11.2 Å². The molecule has 0 bridgehead atoms. The molecular weight excluding hydrogens is 235 g/mol. The number of aliphatic hydroxyl groups is 1. The second-order valence-corrected chi connectivity index (χ2v) is 4.36. The molecule has 1 heterocycles. The van der Waals surface area contributed by atoms with Crippen LogP contribution in [-0.4, -0.2) is 21.4 Å². The molecule has 0 radical (unpaired) electrons. The third-order valence-corrected chi connectivity index (χ3v) is 2.68. The summed E-state index contributed by atoms with van der Waals surface area (Å²) in [4.78, 5) is 4.20. The van der Waals surface area contributed by atoms with Crippen molar-refractivity contribution in [2.24, 2.45) is 0 Å². The first-order valence-corrected chi connectivity index (χ1v) is 5.83.